The highest BCUT2D eigenvalue weighted by molar-refractivity contribution is 6.14. The van der Waals surface area contributed by atoms with Crippen LogP contribution in [0.25, 0.3) is 6.08 Å². The minimum Gasteiger partial charge on any atom is -0.481 e. The Labute approximate surface area is 266 Å². The van der Waals surface area contributed by atoms with Gasteiger partial charge in [0, 0.05) is 58.1 Å². The average molecular weight is 627 g/mol. The van der Waals surface area contributed by atoms with Gasteiger partial charge in [-0.05, 0) is 80.0 Å². The molecule has 0 spiro atoms. The van der Waals surface area contributed by atoms with Gasteiger partial charge >= 0.3 is 11.9 Å². The summed E-state index contributed by atoms with van der Waals surface area (Å²) < 4.78 is 5.12. The quantitative estimate of drug-likeness (QED) is 0.117. The van der Waals surface area contributed by atoms with Crippen molar-refractivity contribution < 1.29 is 33.8 Å². The van der Waals surface area contributed by atoms with E-state index in [0.29, 0.717) is 69.2 Å². The second-order valence-electron chi connectivity index (χ2n) is 11.8. The topological polar surface area (TPSA) is 174 Å². The van der Waals surface area contributed by atoms with Gasteiger partial charge in [-0.1, -0.05) is 19.6 Å². The Morgan fingerprint density at radius 2 is 1.65 bits per heavy atom. The van der Waals surface area contributed by atoms with Gasteiger partial charge in [0.05, 0.1) is 18.7 Å². The van der Waals surface area contributed by atoms with Crippen molar-refractivity contribution in [2.24, 2.45) is 5.92 Å². The maximum atomic E-state index is 14.0. The van der Waals surface area contributed by atoms with E-state index in [1.165, 1.54) is 13.2 Å². The number of ketones is 1. The smallest absolute Gasteiger partial charge is 0.317 e. The first-order valence-electron chi connectivity index (χ1n) is 15.2. The molecule has 0 saturated heterocycles. The summed E-state index contributed by atoms with van der Waals surface area (Å²) in [6.45, 7) is 13.1. The molecule has 11 heteroatoms. The molecule has 0 radical (unpaired) electrons. The van der Waals surface area contributed by atoms with Gasteiger partial charge in [-0.25, -0.2) is 0 Å². The number of carboxylic acids is 1. The zero-order valence-corrected chi connectivity index (χ0v) is 26.8. The van der Waals surface area contributed by atoms with Crippen molar-refractivity contribution in [2.75, 3.05) is 7.11 Å². The molecule has 5 rings (SSSR count). The second-order valence-corrected chi connectivity index (χ2v) is 11.8. The lowest BCUT2D eigenvalue weighted by Gasteiger charge is -2.19. The zero-order valence-electron chi connectivity index (χ0n) is 26.8. The van der Waals surface area contributed by atoms with Crippen molar-refractivity contribution >= 4 is 36.0 Å². The molecule has 3 aromatic heterocycles. The Kier molecular flexibility index (Phi) is 8.62. The van der Waals surface area contributed by atoms with Gasteiger partial charge in [-0.15, -0.1) is 0 Å². The minimum atomic E-state index is -1.19. The highest BCUT2D eigenvalue weighted by atomic mass is 16.5. The molecule has 240 valence electrons. The molecule has 11 nitrogen and oxygen atoms in total. The summed E-state index contributed by atoms with van der Waals surface area (Å²) in [5.74, 6) is -4.34. The van der Waals surface area contributed by atoms with Crippen LogP contribution >= 0.6 is 0 Å². The number of carbonyl (C=O) groups excluding carboxylic acids is 4. The SMILES string of the molecule is C=CC1=C(C)/C(=C/c2[nH]c([C@@H]3c4[nH]c(Cc5[nH]c(C=O)c(C)c5CC)c(C)c4C(=O)[C@H]3C(=O)OC)c(CCC(=O)O)c2C)NC1=O. The number of aldehydes is 1. The van der Waals surface area contributed by atoms with E-state index < -0.39 is 23.8 Å². The molecule has 5 N–H and O–H groups in total. The number of fused-ring (bicyclic) bond motifs is 1. The van der Waals surface area contributed by atoms with Crippen molar-refractivity contribution in [2.45, 2.75) is 66.2 Å². The first-order valence-corrected chi connectivity index (χ1v) is 15.2. The molecule has 1 aliphatic carbocycles. The third kappa shape index (κ3) is 5.15. The fourth-order valence-electron chi connectivity index (χ4n) is 6.97. The lowest BCUT2D eigenvalue weighted by Crippen LogP contribution is -2.27. The Hall–Kier alpha value is -5.19. The molecule has 0 aromatic carbocycles. The molecule has 1 amide bonds. The summed E-state index contributed by atoms with van der Waals surface area (Å²) in [5, 5.41) is 12.4. The number of carboxylic acid groups (broad SMARTS) is 1. The van der Waals surface area contributed by atoms with E-state index >= 15 is 0 Å². The Bertz CT molecular complexity index is 1890. The number of rotatable bonds is 11. The van der Waals surface area contributed by atoms with E-state index in [2.05, 4.69) is 26.8 Å². The summed E-state index contributed by atoms with van der Waals surface area (Å²) >= 11 is 0. The maximum absolute atomic E-state index is 14.0. The number of allylic oxidation sites excluding steroid dienone is 1. The molecular formula is C35H38N4O7. The first kappa shape index (κ1) is 32.2. The number of aromatic amines is 3. The number of amides is 1. The van der Waals surface area contributed by atoms with Crippen LogP contribution in [0.1, 0.15) is 103 Å². The highest BCUT2D eigenvalue weighted by Crippen LogP contribution is 2.47. The molecule has 2 atom stereocenters. The summed E-state index contributed by atoms with van der Waals surface area (Å²) in [7, 11) is 1.23. The van der Waals surface area contributed by atoms with E-state index in [9.17, 15) is 29.1 Å². The van der Waals surface area contributed by atoms with Crippen LogP contribution in [-0.2, 0) is 38.4 Å². The summed E-state index contributed by atoms with van der Waals surface area (Å²) in [5.41, 5.74) is 9.99. The maximum Gasteiger partial charge on any atom is 0.317 e. The summed E-state index contributed by atoms with van der Waals surface area (Å²) in [6, 6.07) is 0. The van der Waals surface area contributed by atoms with E-state index in [1.807, 2.05) is 27.7 Å². The molecule has 0 bridgehead atoms. The van der Waals surface area contributed by atoms with E-state index in [4.69, 9.17) is 4.74 Å². The van der Waals surface area contributed by atoms with Gasteiger partial charge < -0.3 is 30.1 Å². The highest BCUT2D eigenvalue weighted by Gasteiger charge is 2.50. The largest absolute Gasteiger partial charge is 0.481 e. The number of Topliss-reactive ketones (excluding diaryl/α,β-unsaturated/α-hetero) is 1. The Morgan fingerprint density at radius 3 is 2.24 bits per heavy atom. The number of carbonyl (C=O) groups is 5. The zero-order chi connectivity index (χ0) is 33.6. The van der Waals surface area contributed by atoms with Gasteiger partial charge in [0.15, 0.2) is 12.1 Å². The first-order chi connectivity index (χ1) is 21.9. The number of aliphatic carboxylic acids is 1. The number of hydrogen-bond acceptors (Lipinski definition) is 6. The third-order valence-electron chi connectivity index (χ3n) is 9.49. The normalized spacial score (nSPS) is 18.3. The molecule has 2 aliphatic rings. The predicted octanol–water partition coefficient (Wildman–Crippen LogP) is 4.67. The van der Waals surface area contributed by atoms with Crippen LogP contribution in [0.15, 0.2) is 29.5 Å². The lowest BCUT2D eigenvalue weighted by molar-refractivity contribution is -0.144. The standard InChI is InChI=1S/C35H38N4O7/c1-8-19-15(3)26(14-40)36-25(19)13-24-18(6)28-32(38-24)29(30(33(28)43)35(45)46-7)31-21(10-11-27(41)42)17(5)22(37-31)12-23-16(4)20(9-2)34(44)39-23/h9,12,14,29-30,36-38H,2,8,10-11,13H2,1,3-7H3,(H,39,44)(H,41,42)/b23-12-/t29-,30+/m1/s1. The van der Waals surface area contributed by atoms with Crippen molar-refractivity contribution in [3.8, 4) is 0 Å². The number of nitrogens with one attached hydrogen (secondary N) is 4. The Balaban J connectivity index is 1.68. The summed E-state index contributed by atoms with van der Waals surface area (Å²) in [4.78, 5) is 73.1. The molecular weight excluding hydrogens is 588 g/mol. The van der Waals surface area contributed by atoms with Crippen molar-refractivity contribution in [1.29, 1.82) is 0 Å². The molecule has 0 fully saturated rings. The van der Waals surface area contributed by atoms with Crippen LogP contribution in [0.4, 0.5) is 0 Å². The molecule has 3 aromatic rings. The third-order valence-corrected chi connectivity index (χ3v) is 9.49. The summed E-state index contributed by atoms with van der Waals surface area (Å²) in [6.07, 6.45) is 5.16. The predicted molar refractivity (Wildman–Crippen MR) is 171 cm³/mol. The fourth-order valence-corrected chi connectivity index (χ4v) is 6.97. The van der Waals surface area contributed by atoms with Crippen molar-refractivity contribution in [3.05, 3.63) is 97.0 Å². The number of methoxy groups -OCH3 is 1. The minimum absolute atomic E-state index is 0.145. The number of esters is 1. The lowest BCUT2D eigenvalue weighted by atomic mass is 9.87. The molecule has 46 heavy (non-hydrogen) atoms. The number of aromatic nitrogens is 3. The van der Waals surface area contributed by atoms with Crippen LogP contribution < -0.4 is 5.32 Å². The van der Waals surface area contributed by atoms with Gasteiger partial charge in [0.2, 0.25) is 0 Å². The van der Waals surface area contributed by atoms with Gasteiger partial charge in [0.1, 0.15) is 5.92 Å². The number of hydrogen-bond donors (Lipinski definition) is 5. The fraction of sp³-hybridized carbons (Fsp3) is 0.343. The van der Waals surface area contributed by atoms with Crippen molar-refractivity contribution in [1.82, 2.24) is 20.3 Å². The van der Waals surface area contributed by atoms with Gasteiger partial charge in [-0.3, -0.25) is 24.0 Å². The van der Waals surface area contributed by atoms with Crippen LogP contribution in [0.2, 0.25) is 0 Å². The van der Waals surface area contributed by atoms with E-state index in [-0.39, 0.29) is 24.5 Å². The van der Waals surface area contributed by atoms with Crippen LogP contribution in [-0.4, -0.2) is 57.1 Å². The number of ether oxygens (including phenoxy) is 1. The van der Waals surface area contributed by atoms with Crippen molar-refractivity contribution in [3.63, 3.8) is 0 Å². The molecule has 1 aliphatic heterocycles. The van der Waals surface area contributed by atoms with E-state index in [1.54, 1.807) is 13.0 Å². The number of H-pyrrole nitrogens is 3. The van der Waals surface area contributed by atoms with Crippen LogP contribution in [0.5, 0.6) is 0 Å². The van der Waals surface area contributed by atoms with Crippen LogP contribution in [0.3, 0.4) is 0 Å². The average Bonchev–Trinajstić information content (AvgIpc) is 3.76. The Morgan fingerprint density at radius 1 is 0.957 bits per heavy atom. The molecule has 0 unspecified atom stereocenters. The van der Waals surface area contributed by atoms with Gasteiger partial charge in [-0.2, -0.15) is 0 Å². The van der Waals surface area contributed by atoms with Crippen LogP contribution in [0, 0.1) is 26.7 Å². The second kappa shape index (κ2) is 12.3. The molecule has 4 heterocycles. The monoisotopic (exact) mass is 626 g/mol. The van der Waals surface area contributed by atoms with E-state index in [0.717, 1.165) is 34.4 Å². The van der Waals surface area contributed by atoms with Gasteiger partial charge in [0.25, 0.3) is 5.91 Å². The molecule has 0 saturated carbocycles.